The van der Waals surface area contributed by atoms with Gasteiger partial charge >= 0.3 is 0 Å². The van der Waals surface area contributed by atoms with Crippen molar-refractivity contribution in [2.24, 2.45) is 7.05 Å². The molecule has 0 atom stereocenters. The predicted octanol–water partition coefficient (Wildman–Crippen LogP) is 1.16. The number of benzene rings is 1. The predicted molar refractivity (Wildman–Crippen MR) is 103 cm³/mol. The number of rotatable bonds is 4. The van der Waals surface area contributed by atoms with Gasteiger partial charge in [0, 0.05) is 45.0 Å². The second kappa shape index (κ2) is 7.70. The van der Waals surface area contributed by atoms with Gasteiger partial charge < -0.3 is 10.2 Å². The van der Waals surface area contributed by atoms with Crippen molar-refractivity contribution in [3.63, 3.8) is 0 Å². The van der Waals surface area contributed by atoms with Gasteiger partial charge in [0.25, 0.3) is 5.56 Å². The lowest BCUT2D eigenvalue weighted by Gasteiger charge is -2.35. The Kier molecular flexibility index (Phi) is 5.37. The zero-order valence-corrected chi connectivity index (χ0v) is 15.5. The highest BCUT2D eigenvalue weighted by Gasteiger charge is 2.20. The number of nitrogens with one attached hydrogen (secondary N) is 1. The van der Waals surface area contributed by atoms with Crippen LogP contribution in [0.15, 0.2) is 35.3 Å². The lowest BCUT2D eigenvalue weighted by atomic mass is 10.1. The number of piperazine rings is 1. The maximum Gasteiger partial charge on any atom is 0.268 e. The summed E-state index contributed by atoms with van der Waals surface area (Å²) < 4.78 is 1.32. The molecule has 1 aromatic heterocycles. The van der Waals surface area contributed by atoms with Crippen LogP contribution in [0.3, 0.4) is 0 Å². The third kappa shape index (κ3) is 4.29. The normalized spacial score (nSPS) is 15.1. The first kappa shape index (κ1) is 18.1. The molecule has 138 valence electrons. The first-order chi connectivity index (χ1) is 12.4. The minimum Gasteiger partial charge on any atom is -0.368 e. The quantitative estimate of drug-likeness (QED) is 0.891. The molecule has 1 fully saturated rings. The number of aryl methyl sites for hydroxylation is 3. The molecule has 26 heavy (non-hydrogen) atoms. The van der Waals surface area contributed by atoms with Crippen LogP contribution in [-0.4, -0.2) is 53.3 Å². The van der Waals surface area contributed by atoms with E-state index in [0.29, 0.717) is 6.54 Å². The van der Waals surface area contributed by atoms with Gasteiger partial charge in [-0.1, -0.05) is 12.1 Å². The Morgan fingerprint density at radius 2 is 1.88 bits per heavy atom. The smallest absolute Gasteiger partial charge is 0.268 e. The lowest BCUT2D eigenvalue weighted by Crippen LogP contribution is -2.49. The van der Waals surface area contributed by atoms with E-state index in [2.05, 4.69) is 20.2 Å². The summed E-state index contributed by atoms with van der Waals surface area (Å²) in [4.78, 5) is 28.3. The third-order valence-corrected chi connectivity index (χ3v) is 4.73. The summed E-state index contributed by atoms with van der Waals surface area (Å²) in [5.74, 6) is 0.00222. The van der Waals surface area contributed by atoms with Gasteiger partial charge in [-0.25, -0.2) is 4.68 Å². The van der Waals surface area contributed by atoms with E-state index in [1.54, 1.807) is 19.3 Å². The maximum atomic E-state index is 12.4. The molecular formula is C19H25N5O2. The Bertz CT molecular complexity index is 853. The van der Waals surface area contributed by atoms with Crippen LogP contribution in [-0.2, 0) is 11.8 Å². The maximum absolute atomic E-state index is 12.4. The van der Waals surface area contributed by atoms with Crippen molar-refractivity contribution in [2.45, 2.75) is 13.8 Å². The number of hydrogen-bond donors (Lipinski definition) is 1. The van der Waals surface area contributed by atoms with E-state index >= 15 is 0 Å². The summed E-state index contributed by atoms with van der Waals surface area (Å²) in [6.45, 7) is 7.46. The van der Waals surface area contributed by atoms with E-state index in [9.17, 15) is 9.59 Å². The molecule has 1 aromatic carbocycles. The van der Waals surface area contributed by atoms with E-state index in [-0.39, 0.29) is 11.5 Å². The minimum atomic E-state index is -0.113. The van der Waals surface area contributed by atoms with Crippen molar-refractivity contribution in [3.8, 4) is 0 Å². The zero-order chi connectivity index (χ0) is 18.7. The van der Waals surface area contributed by atoms with Gasteiger partial charge in [-0.2, -0.15) is 5.10 Å². The highest BCUT2D eigenvalue weighted by atomic mass is 16.2. The number of nitrogens with zero attached hydrogens (tertiary/aromatic N) is 4. The summed E-state index contributed by atoms with van der Waals surface area (Å²) in [5, 5.41) is 7.07. The molecule has 0 bridgehead atoms. The molecule has 0 spiro atoms. The molecule has 1 aliphatic rings. The van der Waals surface area contributed by atoms with Crippen LogP contribution in [0.2, 0.25) is 0 Å². The molecule has 0 radical (unpaired) electrons. The van der Waals surface area contributed by atoms with Crippen LogP contribution in [0, 0.1) is 13.8 Å². The van der Waals surface area contributed by atoms with Crippen LogP contribution in [0.25, 0.3) is 0 Å². The molecule has 0 unspecified atom stereocenters. The molecule has 2 heterocycles. The SMILES string of the molecule is Cc1ccc(C)c(NC(=O)CN2CCN(c3cnn(C)c(=O)c3)CC2)c1. The summed E-state index contributed by atoms with van der Waals surface area (Å²) >= 11 is 0. The van der Waals surface area contributed by atoms with Crippen molar-refractivity contribution in [1.82, 2.24) is 14.7 Å². The van der Waals surface area contributed by atoms with Crippen LogP contribution in [0.5, 0.6) is 0 Å². The van der Waals surface area contributed by atoms with Crippen molar-refractivity contribution in [3.05, 3.63) is 51.9 Å². The Labute approximate surface area is 153 Å². The van der Waals surface area contributed by atoms with Crippen LogP contribution in [0.4, 0.5) is 11.4 Å². The van der Waals surface area contributed by atoms with Crippen LogP contribution < -0.4 is 15.8 Å². The van der Waals surface area contributed by atoms with Crippen molar-refractivity contribution in [2.75, 3.05) is 42.9 Å². The molecule has 1 N–H and O–H groups in total. The fourth-order valence-electron chi connectivity index (χ4n) is 3.06. The Balaban J connectivity index is 1.53. The minimum absolute atomic E-state index is 0.00222. The molecule has 1 saturated heterocycles. The summed E-state index contributed by atoms with van der Waals surface area (Å²) in [7, 11) is 1.64. The highest BCUT2D eigenvalue weighted by molar-refractivity contribution is 5.93. The van der Waals surface area contributed by atoms with E-state index in [0.717, 1.165) is 48.7 Å². The molecule has 0 aliphatic carbocycles. The summed E-state index contributed by atoms with van der Waals surface area (Å²) in [5.41, 5.74) is 3.79. The van der Waals surface area contributed by atoms with Gasteiger partial charge in [0.1, 0.15) is 0 Å². The average Bonchev–Trinajstić information content (AvgIpc) is 2.61. The van der Waals surface area contributed by atoms with E-state index in [1.807, 2.05) is 32.0 Å². The van der Waals surface area contributed by atoms with Crippen LogP contribution in [0.1, 0.15) is 11.1 Å². The van der Waals surface area contributed by atoms with Crippen LogP contribution >= 0.6 is 0 Å². The van der Waals surface area contributed by atoms with E-state index in [4.69, 9.17) is 0 Å². The topological polar surface area (TPSA) is 70.5 Å². The molecular weight excluding hydrogens is 330 g/mol. The number of anilines is 2. The Hall–Kier alpha value is -2.67. The van der Waals surface area contributed by atoms with E-state index < -0.39 is 0 Å². The van der Waals surface area contributed by atoms with Crippen molar-refractivity contribution in [1.29, 1.82) is 0 Å². The van der Waals surface area contributed by atoms with Gasteiger partial charge in [0.2, 0.25) is 5.91 Å². The molecule has 1 aliphatic heterocycles. The highest BCUT2D eigenvalue weighted by Crippen LogP contribution is 2.17. The molecule has 1 amide bonds. The fourth-order valence-corrected chi connectivity index (χ4v) is 3.06. The first-order valence-electron chi connectivity index (χ1n) is 8.80. The fraction of sp³-hybridized carbons (Fsp3) is 0.421. The van der Waals surface area contributed by atoms with Gasteiger partial charge in [-0.3, -0.25) is 14.5 Å². The number of hydrogen-bond acceptors (Lipinski definition) is 5. The number of carbonyl (C=O) groups excluding carboxylic acids is 1. The number of carbonyl (C=O) groups is 1. The number of amides is 1. The second-order valence-electron chi connectivity index (χ2n) is 6.81. The lowest BCUT2D eigenvalue weighted by molar-refractivity contribution is -0.117. The Morgan fingerprint density at radius 3 is 2.58 bits per heavy atom. The first-order valence-corrected chi connectivity index (χ1v) is 8.80. The summed E-state index contributed by atoms with van der Waals surface area (Å²) in [6, 6.07) is 7.65. The average molecular weight is 355 g/mol. The van der Waals surface area contributed by atoms with Gasteiger partial charge in [-0.15, -0.1) is 0 Å². The molecule has 3 rings (SSSR count). The van der Waals surface area contributed by atoms with Gasteiger partial charge in [0.15, 0.2) is 0 Å². The van der Waals surface area contributed by atoms with Crippen molar-refractivity contribution >= 4 is 17.3 Å². The standard InChI is InChI=1S/C19H25N5O2/c1-14-4-5-15(2)17(10-14)21-18(25)13-23-6-8-24(9-7-23)16-11-19(26)22(3)20-12-16/h4-5,10-12H,6-9,13H2,1-3H3,(H,21,25). The van der Waals surface area contributed by atoms with Gasteiger partial charge in [-0.05, 0) is 31.0 Å². The molecule has 0 saturated carbocycles. The Morgan fingerprint density at radius 1 is 1.15 bits per heavy atom. The zero-order valence-electron chi connectivity index (χ0n) is 15.5. The third-order valence-electron chi connectivity index (χ3n) is 4.73. The number of aromatic nitrogens is 2. The monoisotopic (exact) mass is 355 g/mol. The van der Waals surface area contributed by atoms with Crippen molar-refractivity contribution < 1.29 is 4.79 Å². The molecule has 7 heteroatoms. The summed E-state index contributed by atoms with van der Waals surface area (Å²) in [6.07, 6.45) is 1.71. The molecule has 2 aromatic rings. The largest absolute Gasteiger partial charge is 0.368 e. The second-order valence-corrected chi connectivity index (χ2v) is 6.81. The molecule has 7 nitrogen and oxygen atoms in total. The van der Waals surface area contributed by atoms with Gasteiger partial charge in [0.05, 0.1) is 18.4 Å². The van der Waals surface area contributed by atoms with E-state index in [1.165, 1.54) is 4.68 Å².